The first-order chi connectivity index (χ1) is 9.73. The Morgan fingerprint density at radius 3 is 2.48 bits per heavy atom. The van der Waals surface area contributed by atoms with Gasteiger partial charge in [-0.15, -0.1) is 0 Å². The molecular weight excluding hydrogens is 284 g/mol. The number of sulfone groups is 1. The molecule has 0 spiro atoms. The van der Waals surface area contributed by atoms with Crippen molar-refractivity contribution in [2.45, 2.75) is 46.1 Å². The molecule has 4 atom stereocenters. The van der Waals surface area contributed by atoms with Crippen molar-refractivity contribution in [2.24, 2.45) is 17.8 Å². The highest BCUT2D eigenvalue weighted by molar-refractivity contribution is 7.90. The van der Waals surface area contributed by atoms with Crippen LogP contribution in [0.2, 0.25) is 0 Å². The summed E-state index contributed by atoms with van der Waals surface area (Å²) < 4.78 is 22.6. The molecule has 1 aliphatic rings. The molecule has 4 nitrogen and oxygen atoms in total. The van der Waals surface area contributed by atoms with E-state index in [2.05, 4.69) is 31.0 Å². The van der Waals surface area contributed by atoms with Crippen LogP contribution in [0.4, 0.5) is 0 Å². The zero-order valence-electron chi connectivity index (χ0n) is 14.4. The standard InChI is InChI=1S/C16H34N2O2S/c1-6-7-17-16-11-13(2)10-14(3)15(16)12-18(4)8-9-21(5,19)20/h13-17H,6-12H2,1-5H3. The van der Waals surface area contributed by atoms with Gasteiger partial charge in [-0.2, -0.15) is 0 Å². The van der Waals surface area contributed by atoms with Gasteiger partial charge >= 0.3 is 0 Å². The third-order valence-electron chi connectivity index (χ3n) is 4.70. The molecular formula is C16H34N2O2S. The van der Waals surface area contributed by atoms with Crippen LogP contribution in [0.15, 0.2) is 0 Å². The molecule has 0 bridgehead atoms. The van der Waals surface area contributed by atoms with E-state index in [1.54, 1.807) is 0 Å². The lowest BCUT2D eigenvalue weighted by Crippen LogP contribution is -2.49. The lowest BCUT2D eigenvalue weighted by atomic mass is 9.72. The summed E-state index contributed by atoms with van der Waals surface area (Å²) in [5.74, 6) is 2.36. The Morgan fingerprint density at radius 2 is 1.90 bits per heavy atom. The van der Waals surface area contributed by atoms with Gasteiger partial charge in [-0.3, -0.25) is 0 Å². The van der Waals surface area contributed by atoms with E-state index in [-0.39, 0.29) is 5.75 Å². The second-order valence-electron chi connectivity index (χ2n) is 7.17. The Morgan fingerprint density at radius 1 is 1.24 bits per heavy atom. The molecule has 1 rings (SSSR count). The van der Waals surface area contributed by atoms with Crippen LogP contribution in [-0.2, 0) is 9.84 Å². The van der Waals surface area contributed by atoms with E-state index in [0.29, 0.717) is 24.4 Å². The van der Waals surface area contributed by atoms with Crippen molar-refractivity contribution in [1.29, 1.82) is 0 Å². The van der Waals surface area contributed by atoms with E-state index in [4.69, 9.17) is 0 Å². The summed E-state index contributed by atoms with van der Waals surface area (Å²) in [6.45, 7) is 9.61. The summed E-state index contributed by atoms with van der Waals surface area (Å²) in [5.41, 5.74) is 0. The monoisotopic (exact) mass is 318 g/mol. The second kappa shape index (κ2) is 8.49. The molecule has 1 fully saturated rings. The Kier molecular flexibility index (Phi) is 7.65. The van der Waals surface area contributed by atoms with Gasteiger partial charge in [0, 0.05) is 25.4 Å². The second-order valence-corrected chi connectivity index (χ2v) is 9.43. The topological polar surface area (TPSA) is 49.4 Å². The van der Waals surface area contributed by atoms with Crippen molar-refractivity contribution in [1.82, 2.24) is 10.2 Å². The van der Waals surface area contributed by atoms with Crippen molar-refractivity contribution < 1.29 is 8.42 Å². The number of nitrogens with zero attached hydrogens (tertiary/aromatic N) is 1. The van der Waals surface area contributed by atoms with Crippen LogP contribution in [0.5, 0.6) is 0 Å². The Balaban J connectivity index is 2.58. The van der Waals surface area contributed by atoms with Crippen molar-refractivity contribution in [2.75, 3.05) is 38.7 Å². The number of rotatable bonds is 8. The fraction of sp³-hybridized carbons (Fsp3) is 1.00. The van der Waals surface area contributed by atoms with Crippen LogP contribution >= 0.6 is 0 Å². The summed E-state index contributed by atoms with van der Waals surface area (Å²) in [7, 11) is -0.819. The third kappa shape index (κ3) is 7.11. The molecule has 4 unspecified atom stereocenters. The molecule has 0 amide bonds. The maximum absolute atomic E-state index is 11.3. The van der Waals surface area contributed by atoms with Crippen molar-refractivity contribution in [3.63, 3.8) is 0 Å². The maximum atomic E-state index is 11.3. The molecule has 21 heavy (non-hydrogen) atoms. The molecule has 5 heteroatoms. The molecule has 1 N–H and O–H groups in total. The first-order valence-corrected chi connectivity index (χ1v) is 10.4. The Labute approximate surface area is 131 Å². The summed E-state index contributed by atoms with van der Waals surface area (Å²) in [6.07, 6.45) is 5.01. The fourth-order valence-corrected chi connectivity index (χ4v) is 4.20. The number of nitrogens with one attached hydrogen (secondary N) is 1. The van der Waals surface area contributed by atoms with Gasteiger partial charge in [0.25, 0.3) is 0 Å². The molecule has 0 aromatic carbocycles. The van der Waals surface area contributed by atoms with Gasteiger partial charge in [0.05, 0.1) is 5.75 Å². The van der Waals surface area contributed by atoms with Gasteiger partial charge in [-0.1, -0.05) is 20.8 Å². The molecule has 1 saturated carbocycles. The molecule has 0 saturated heterocycles. The average molecular weight is 319 g/mol. The van der Waals surface area contributed by atoms with E-state index in [1.165, 1.54) is 19.1 Å². The third-order valence-corrected chi connectivity index (χ3v) is 5.63. The van der Waals surface area contributed by atoms with E-state index < -0.39 is 9.84 Å². The SMILES string of the molecule is CCCNC1CC(C)CC(C)C1CN(C)CCS(C)(=O)=O. The minimum absolute atomic E-state index is 0.258. The number of hydrogen-bond acceptors (Lipinski definition) is 4. The zero-order valence-corrected chi connectivity index (χ0v) is 15.2. The lowest BCUT2D eigenvalue weighted by molar-refractivity contribution is 0.113. The Hall–Kier alpha value is -0.130. The van der Waals surface area contributed by atoms with E-state index in [9.17, 15) is 8.42 Å². The van der Waals surface area contributed by atoms with E-state index >= 15 is 0 Å². The van der Waals surface area contributed by atoms with Gasteiger partial charge in [0.2, 0.25) is 0 Å². The smallest absolute Gasteiger partial charge is 0.148 e. The minimum atomic E-state index is -2.87. The first kappa shape index (κ1) is 18.9. The van der Waals surface area contributed by atoms with Crippen LogP contribution in [0.3, 0.4) is 0 Å². The molecule has 0 radical (unpaired) electrons. The molecule has 0 aromatic heterocycles. The van der Waals surface area contributed by atoms with Crippen LogP contribution in [0.1, 0.15) is 40.0 Å². The van der Waals surface area contributed by atoms with E-state index in [1.807, 2.05) is 7.05 Å². The molecule has 0 aromatic rings. The first-order valence-electron chi connectivity index (χ1n) is 8.32. The van der Waals surface area contributed by atoms with Crippen molar-refractivity contribution in [3.05, 3.63) is 0 Å². The van der Waals surface area contributed by atoms with Gasteiger partial charge in [-0.05, 0) is 50.6 Å². The molecule has 1 aliphatic carbocycles. The molecule has 0 heterocycles. The largest absolute Gasteiger partial charge is 0.314 e. The van der Waals surface area contributed by atoms with Gasteiger partial charge in [0.1, 0.15) is 9.84 Å². The lowest BCUT2D eigenvalue weighted by Gasteiger charge is -2.42. The van der Waals surface area contributed by atoms with Crippen LogP contribution in [-0.4, -0.2) is 58.1 Å². The van der Waals surface area contributed by atoms with Crippen LogP contribution in [0.25, 0.3) is 0 Å². The average Bonchev–Trinajstić information content (AvgIpc) is 2.36. The molecule has 0 aliphatic heterocycles. The van der Waals surface area contributed by atoms with Crippen molar-refractivity contribution in [3.8, 4) is 0 Å². The normalized spacial score (nSPS) is 30.8. The molecule has 126 valence electrons. The highest BCUT2D eigenvalue weighted by Crippen LogP contribution is 2.34. The summed E-state index contributed by atoms with van der Waals surface area (Å²) in [5, 5.41) is 3.71. The quantitative estimate of drug-likeness (QED) is 0.744. The summed E-state index contributed by atoms with van der Waals surface area (Å²) in [4.78, 5) is 2.19. The highest BCUT2D eigenvalue weighted by atomic mass is 32.2. The summed E-state index contributed by atoms with van der Waals surface area (Å²) >= 11 is 0. The highest BCUT2D eigenvalue weighted by Gasteiger charge is 2.34. The van der Waals surface area contributed by atoms with Gasteiger partial charge in [0.15, 0.2) is 0 Å². The van der Waals surface area contributed by atoms with Gasteiger partial charge in [-0.25, -0.2) is 8.42 Å². The maximum Gasteiger partial charge on any atom is 0.148 e. The predicted octanol–water partition coefficient (Wildman–Crippen LogP) is 2.01. The van der Waals surface area contributed by atoms with Gasteiger partial charge < -0.3 is 10.2 Å². The Bertz CT molecular complexity index is 397. The minimum Gasteiger partial charge on any atom is -0.314 e. The summed E-state index contributed by atoms with van der Waals surface area (Å²) in [6, 6.07) is 0.574. The van der Waals surface area contributed by atoms with Crippen molar-refractivity contribution >= 4 is 9.84 Å². The van der Waals surface area contributed by atoms with Crippen LogP contribution in [0, 0.1) is 17.8 Å². The predicted molar refractivity (Wildman–Crippen MR) is 90.3 cm³/mol. The zero-order chi connectivity index (χ0) is 16.0. The van der Waals surface area contributed by atoms with Crippen LogP contribution < -0.4 is 5.32 Å². The van der Waals surface area contributed by atoms with E-state index in [0.717, 1.165) is 25.4 Å². The number of hydrogen-bond donors (Lipinski definition) is 1. The fourth-order valence-electron chi connectivity index (χ4n) is 3.56.